The number of rotatable bonds is 1. The number of aromatic amines is 1. The lowest BCUT2D eigenvalue weighted by Crippen LogP contribution is -1.88. The first kappa shape index (κ1) is 9.66. The molecule has 3 aromatic rings. The molecular formula is C16H12N2. The predicted molar refractivity (Wildman–Crippen MR) is 72.3 cm³/mol. The maximum Gasteiger partial charge on any atom is 0.0532 e. The Morgan fingerprint density at radius 2 is 1.94 bits per heavy atom. The summed E-state index contributed by atoms with van der Waals surface area (Å²) in [5.74, 6) is 0. The molecule has 2 nitrogen and oxygen atoms in total. The van der Waals surface area contributed by atoms with E-state index in [2.05, 4.69) is 46.4 Å². The van der Waals surface area contributed by atoms with E-state index in [0.717, 1.165) is 6.42 Å². The fourth-order valence-electron chi connectivity index (χ4n) is 2.77. The third-order valence-electron chi connectivity index (χ3n) is 3.58. The van der Waals surface area contributed by atoms with Crippen LogP contribution >= 0.6 is 0 Å². The van der Waals surface area contributed by atoms with Gasteiger partial charge in [0.05, 0.1) is 5.69 Å². The van der Waals surface area contributed by atoms with Gasteiger partial charge in [-0.1, -0.05) is 24.3 Å². The molecule has 1 N–H and O–H groups in total. The summed E-state index contributed by atoms with van der Waals surface area (Å²) < 4.78 is 0. The second-order valence-electron chi connectivity index (χ2n) is 4.61. The molecule has 0 atom stereocenters. The Morgan fingerprint density at radius 3 is 2.83 bits per heavy atom. The van der Waals surface area contributed by atoms with Gasteiger partial charge in [0.25, 0.3) is 0 Å². The number of hydrogen-bond donors (Lipinski definition) is 1. The molecule has 0 amide bonds. The molecule has 2 aromatic heterocycles. The molecule has 0 spiro atoms. The van der Waals surface area contributed by atoms with E-state index in [1.807, 2.05) is 18.6 Å². The number of fused-ring (bicyclic) bond motifs is 3. The molecule has 0 radical (unpaired) electrons. The van der Waals surface area contributed by atoms with Crippen LogP contribution in [0.1, 0.15) is 11.3 Å². The molecule has 0 saturated carbocycles. The highest BCUT2D eigenvalue weighted by Crippen LogP contribution is 2.41. The van der Waals surface area contributed by atoms with E-state index in [1.165, 1.54) is 33.5 Å². The average molecular weight is 232 g/mol. The third kappa shape index (κ3) is 1.26. The van der Waals surface area contributed by atoms with Crippen molar-refractivity contribution in [1.29, 1.82) is 0 Å². The lowest BCUT2D eigenvalue weighted by molar-refractivity contribution is 1.12. The summed E-state index contributed by atoms with van der Waals surface area (Å²) in [5, 5.41) is 0. The summed E-state index contributed by atoms with van der Waals surface area (Å²) in [6.45, 7) is 0. The second-order valence-corrected chi connectivity index (χ2v) is 4.61. The molecule has 2 heterocycles. The van der Waals surface area contributed by atoms with Crippen LogP contribution in [0.2, 0.25) is 0 Å². The zero-order valence-electron chi connectivity index (χ0n) is 9.85. The number of H-pyrrole nitrogens is 1. The van der Waals surface area contributed by atoms with Crippen LogP contribution in [0, 0.1) is 0 Å². The molecule has 0 unspecified atom stereocenters. The molecule has 0 saturated heterocycles. The van der Waals surface area contributed by atoms with Crippen molar-refractivity contribution in [3.05, 3.63) is 66.2 Å². The van der Waals surface area contributed by atoms with Crippen LogP contribution in [-0.2, 0) is 6.42 Å². The number of nitrogens with one attached hydrogen (secondary N) is 1. The summed E-state index contributed by atoms with van der Waals surface area (Å²) >= 11 is 0. The van der Waals surface area contributed by atoms with Gasteiger partial charge in [-0.25, -0.2) is 0 Å². The average Bonchev–Trinajstić information content (AvgIpc) is 3.05. The van der Waals surface area contributed by atoms with Gasteiger partial charge in [-0.15, -0.1) is 0 Å². The van der Waals surface area contributed by atoms with Crippen molar-refractivity contribution in [3.8, 4) is 22.3 Å². The molecule has 1 aliphatic rings. The SMILES string of the molecule is c1ccc2c(c1)Cc1nccc(-c3cc[nH]c3)c1-2. The van der Waals surface area contributed by atoms with Gasteiger partial charge >= 0.3 is 0 Å². The summed E-state index contributed by atoms with van der Waals surface area (Å²) in [6.07, 6.45) is 6.86. The van der Waals surface area contributed by atoms with E-state index in [-0.39, 0.29) is 0 Å². The van der Waals surface area contributed by atoms with Gasteiger partial charge in [0.1, 0.15) is 0 Å². The van der Waals surface area contributed by atoms with Crippen molar-refractivity contribution >= 4 is 0 Å². The Kier molecular flexibility index (Phi) is 1.92. The third-order valence-corrected chi connectivity index (χ3v) is 3.58. The van der Waals surface area contributed by atoms with E-state index in [0.29, 0.717) is 0 Å². The van der Waals surface area contributed by atoms with E-state index in [9.17, 15) is 0 Å². The molecule has 0 aliphatic heterocycles. The number of aromatic nitrogens is 2. The van der Waals surface area contributed by atoms with Crippen LogP contribution in [0.3, 0.4) is 0 Å². The van der Waals surface area contributed by atoms with Gasteiger partial charge in [-0.05, 0) is 34.4 Å². The normalized spacial score (nSPS) is 12.2. The van der Waals surface area contributed by atoms with Gasteiger partial charge < -0.3 is 4.98 Å². The van der Waals surface area contributed by atoms with Gasteiger partial charge in [-0.3, -0.25) is 4.98 Å². The Balaban J connectivity index is 2.03. The molecule has 1 aromatic carbocycles. The highest BCUT2D eigenvalue weighted by molar-refractivity contribution is 5.88. The Hall–Kier alpha value is -2.35. The molecule has 4 rings (SSSR count). The fraction of sp³-hybridized carbons (Fsp3) is 0.0625. The van der Waals surface area contributed by atoms with E-state index in [4.69, 9.17) is 0 Å². The predicted octanol–water partition coefficient (Wildman–Crippen LogP) is 3.65. The zero-order valence-corrected chi connectivity index (χ0v) is 9.85. The van der Waals surface area contributed by atoms with E-state index >= 15 is 0 Å². The zero-order chi connectivity index (χ0) is 11.9. The number of nitrogens with zero attached hydrogens (tertiary/aromatic N) is 1. The lowest BCUT2D eigenvalue weighted by Gasteiger charge is -2.07. The largest absolute Gasteiger partial charge is 0.367 e. The van der Waals surface area contributed by atoms with Gasteiger partial charge in [0, 0.05) is 30.6 Å². The van der Waals surface area contributed by atoms with Gasteiger partial charge in [0.15, 0.2) is 0 Å². The Bertz CT molecular complexity index is 712. The first-order valence-corrected chi connectivity index (χ1v) is 6.13. The minimum Gasteiger partial charge on any atom is -0.367 e. The van der Waals surface area contributed by atoms with E-state index in [1.54, 1.807) is 0 Å². The van der Waals surface area contributed by atoms with Crippen molar-refractivity contribution in [1.82, 2.24) is 9.97 Å². The first-order valence-electron chi connectivity index (χ1n) is 6.13. The lowest BCUT2D eigenvalue weighted by atomic mass is 9.98. The maximum atomic E-state index is 4.53. The number of hydrogen-bond acceptors (Lipinski definition) is 1. The van der Waals surface area contributed by atoms with Gasteiger partial charge in [-0.2, -0.15) is 0 Å². The van der Waals surface area contributed by atoms with Crippen LogP contribution in [-0.4, -0.2) is 9.97 Å². The summed E-state index contributed by atoms with van der Waals surface area (Å²) in [5.41, 5.74) is 7.69. The molecule has 0 bridgehead atoms. The highest BCUT2D eigenvalue weighted by Gasteiger charge is 2.22. The van der Waals surface area contributed by atoms with E-state index < -0.39 is 0 Å². The standard InChI is InChI=1S/C16H12N2/c1-2-4-13-11(3-1)9-15-16(13)14(6-8-18-15)12-5-7-17-10-12/h1-8,10,17H,9H2. The molecule has 86 valence electrons. The van der Waals surface area contributed by atoms with Gasteiger partial charge in [0.2, 0.25) is 0 Å². The van der Waals surface area contributed by atoms with Crippen molar-refractivity contribution in [2.45, 2.75) is 6.42 Å². The molecule has 18 heavy (non-hydrogen) atoms. The number of benzene rings is 1. The topological polar surface area (TPSA) is 28.7 Å². The number of pyridine rings is 1. The second kappa shape index (κ2) is 3.57. The quantitative estimate of drug-likeness (QED) is 0.533. The Morgan fingerprint density at radius 1 is 1.00 bits per heavy atom. The maximum absolute atomic E-state index is 4.53. The molecule has 1 aliphatic carbocycles. The van der Waals surface area contributed by atoms with Crippen molar-refractivity contribution in [2.75, 3.05) is 0 Å². The molecular weight excluding hydrogens is 220 g/mol. The fourth-order valence-corrected chi connectivity index (χ4v) is 2.77. The highest BCUT2D eigenvalue weighted by atomic mass is 14.7. The van der Waals surface area contributed by atoms with Crippen LogP contribution in [0.15, 0.2) is 55.0 Å². The van der Waals surface area contributed by atoms with Crippen molar-refractivity contribution < 1.29 is 0 Å². The van der Waals surface area contributed by atoms with Crippen LogP contribution in [0.5, 0.6) is 0 Å². The summed E-state index contributed by atoms with van der Waals surface area (Å²) in [6, 6.07) is 12.8. The Labute approximate surface area is 105 Å². The van der Waals surface area contributed by atoms with Crippen LogP contribution in [0.25, 0.3) is 22.3 Å². The summed E-state index contributed by atoms with van der Waals surface area (Å²) in [4.78, 5) is 7.66. The summed E-state index contributed by atoms with van der Waals surface area (Å²) in [7, 11) is 0. The molecule has 2 heteroatoms. The molecule has 0 fully saturated rings. The van der Waals surface area contributed by atoms with Crippen molar-refractivity contribution in [3.63, 3.8) is 0 Å². The first-order chi connectivity index (χ1) is 8.93. The van der Waals surface area contributed by atoms with Crippen molar-refractivity contribution in [2.24, 2.45) is 0 Å². The van der Waals surface area contributed by atoms with Crippen LogP contribution in [0.4, 0.5) is 0 Å². The minimum absolute atomic E-state index is 0.948. The monoisotopic (exact) mass is 232 g/mol. The minimum atomic E-state index is 0.948. The van der Waals surface area contributed by atoms with Crippen LogP contribution < -0.4 is 0 Å². The smallest absolute Gasteiger partial charge is 0.0532 e.